The summed E-state index contributed by atoms with van der Waals surface area (Å²) in [6, 6.07) is 12.2. The Kier molecular flexibility index (Phi) is 1.62. The molecule has 2 heterocycles. The summed E-state index contributed by atoms with van der Waals surface area (Å²) in [7, 11) is 1.85. The van der Waals surface area contributed by atoms with Gasteiger partial charge in [0, 0.05) is 7.05 Å². The van der Waals surface area contributed by atoms with Crippen molar-refractivity contribution >= 4 is 22.5 Å². The van der Waals surface area contributed by atoms with Gasteiger partial charge in [-0.3, -0.25) is 4.40 Å². The van der Waals surface area contributed by atoms with E-state index in [1.807, 2.05) is 29.6 Å². The number of rotatable bonds is 1. The number of fused-ring (bicyclic) bond motifs is 3. The molecule has 1 aromatic carbocycles. The van der Waals surface area contributed by atoms with E-state index in [0.29, 0.717) is 0 Å². The first-order valence-electron chi connectivity index (χ1n) is 4.81. The third kappa shape index (κ3) is 1.08. The standard InChI is InChI=1S/C11H10N4/c1-12-11-14-13-10-7-6-8-4-2-3-5-9(8)15(10)11/h2-7H,1H3,(H,12,14). The van der Waals surface area contributed by atoms with Gasteiger partial charge in [0.1, 0.15) is 0 Å². The van der Waals surface area contributed by atoms with E-state index in [0.717, 1.165) is 17.1 Å². The molecule has 0 fully saturated rings. The van der Waals surface area contributed by atoms with Crippen LogP contribution < -0.4 is 5.32 Å². The minimum Gasteiger partial charge on any atom is -0.357 e. The lowest BCUT2D eigenvalue weighted by Crippen LogP contribution is -1.96. The van der Waals surface area contributed by atoms with Crippen molar-refractivity contribution in [2.24, 2.45) is 0 Å². The molecule has 15 heavy (non-hydrogen) atoms. The highest BCUT2D eigenvalue weighted by atomic mass is 15.3. The monoisotopic (exact) mass is 198 g/mol. The van der Waals surface area contributed by atoms with Gasteiger partial charge >= 0.3 is 0 Å². The normalized spacial score (nSPS) is 11.0. The summed E-state index contributed by atoms with van der Waals surface area (Å²) in [4.78, 5) is 0. The van der Waals surface area contributed by atoms with Gasteiger partial charge in [0.25, 0.3) is 0 Å². The summed E-state index contributed by atoms with van der Waals surface area (Å²) < 4.78 is 2.01. The minimum atomic E-state index is 0.766. The molecule has 74 valence electrons. The van der Waals surface area contributed by atoms with Gasteiger partial charge < -0.3 is 5.32 Å². The van der Waals surface area contributed by atoms with Gasteiger partial charge in [0.15, 0.2) is 5.65 Å². The Morgan fingerprint density at radius 2 is 1.93 bits per heavy atom. The Morgan fingerprint density at radius 1 is 1.07 bits per heavy atom. The van der Waals surface area contributed by atoms with Gasteiger partial charge in [-0.1, -0.05) is 18.2 Å². The number of hydrogen-bond acceptors (Lipinski definition) is 3. The molecule has 0 aliphatic rings. The van der Waals surface area contributed by atoms with Gasteiger partial charge in [0.05, 0.1) is 5.52 Å². The van der Waals surface area contributed by atoms with E-state index < -0.39 is 0 Å². The van der Waals surface area contributed by atoms with Crippen LogP contribution >= 0.6 is 0 Å². The summed E-state index contributed by atoms with van der Waals surface area (Å²) in [5, 5.41) is 12.4. The van der Waals surface area contributed by atoms with Crippen molar-refractivity contribution in [2.45, 2.75) is 0 Å². The van der Waals surface area contributed by atoms with Crippen molar-refractivity contribution in [2.75, 3.05) is 12.4 Å². The number of anilines is 1. The number of aromatic nitrogens is 3. The van der Waals surface area contributed by atoms with Crippen LogP contribution in [0.3, 0.4) is 0 Å². The number of nitrogens with zero attached hydrogens (tertiary/aromatic N) is 3. The largest absolute Gasteiger partial charge is 0.357 e. The quantitative estimate of drug-likeness (QED) is 0.649. The lowest BCUT2D eigenvalue weighted by Gasteiger charge is -2.03. The SMILES string of the molecule is CNc1nnc2ccc3ccccc3n12. The summed E-state index contributed by atoms with van der Waals surface area (Å²) in [5.41, 5.74) is 1.97. The lowest BCUT2D eigenvalue weighted by atomic mass is 10.2. The maximum absolute atomic E-state index is 4.09. The first-order chi connectivity index (χ1) is 7.40. The maximum atomic E-state index is 4.09. The molecule has 0 unspecified atom stereocenters. The third-order valence-electron chi connectivity index (χ3n) is 2.50. The molecule has 0 radical (unpaired) electrons. The third-order valence-corrected chi connectivity index (χ3v) is 2.50. The lowest BCUT2D eigenvalue weighted by molar-refractivity contribution is 1.10. The zero-order valence-electron chi connectivity index (χ0n) is 8.31. The predicted octanol–water partition coefficient (Wildman–Crippen LogP) is 1.92. The molecular weight excluding hydrogens is 188 g/mol. The molecule has 2 aromatic heterocycles. The minimum absolute atomic E-state index is 0.766. The smallest absolute Gasteiger partial charge is 0.229 e. The van der Waals surface area contributed by atoms with Crippen molar-refractivity contribution in [3.05, 3.63) is 36.4 Å². The molecule has 0 amide bonds. The van der Waals surface area contributed by atoms with Crippen LogP contribution in [0.15, 0.2) is 36.4 Å². The van der Waals surface area contributed by atoms with Crippen LogP contribution in [-0.2, 0) is 0 Å². The van der Waals surface area contributed by atoms with Gasteiger partial charge in [-0.15, -0.1) is 10.2 Å². The van der Waals surface area contributed by atoms with Crippen LogP contribution in [0.2, 0.25) is 0 Å². The summed E-state index contributed by atoms with van der Waals surface area (Å²) in [6.45, 7) is 0. The van der Waals surface area contributed by atoms with Crippen LogP contribution in [0.1, 0.15) is 0 Å². The summed E-state index contributed by atoms with van der Waals surface area (Å²) in [6.07, 6.45) is 0. The van der Waals surface area contributed by atoms with Crippen LogP contribution in [0, 0.1) is 0 Å². The average Bonchev–Trinajstić information content (AvgIpc) is 2.72. The van der Waals surface area contributed by atoms with Crippen molar-refractivity contribution in [3.8, 4) is 0 Å². The van der Waals surface area contributed by atoms with Gasteiger partial charge in [0.2, 0.25) is 5.95 Å². The Hall–Kier alpha value is -2.10. The first kappa shape index (κ1) is 8.23. The van der Waals surface area contributed by atoms with Crippen molar-refractivity contribution in [1.29, 1.82) is 0 Å². The number of nitrogens with one attached hydrogen (secondary N) is 1. The second-order valence-corrected chi connectivity index (χ2v) is 3.36. The van der Waals surface area contributed by atoms with Crippen LogP contribution in [0.5, 0.6) is 0 Å². The molecule has 4 nitrogen and oxygen atoms in total. The van der Waals surface area contributed by atoms with E-state index in [-0.39, 0.29) is 0 Å². The fraction of sp³-hybridized carbons (Fsp3) is 0.0909. The predicted molar refractivity (Wildman–Crippen MR) is 60.0 cm³/mol. The molecule has 3 rings (SSSR count). The Bertz CT molecular complexity index is 627. The molecule has 0 aliphatic carbocycles. The fourth-order valence-electron chi connectivity index (χ4n) is 1.80. The van der Waals surface area contributed by atoms with Gasteiger partial charge in [-0.25, -0.2) is 0 Å². The molecule has 3 aromatic rings. The number of pyridine rings is 1. The molecule has 4 heteroatoms. The molecule has 0 atom stereocenters. The zero-order valence-corrected chi connectivity index (χ0v) is 8.31. The van der Waals surface area contributed by atoms with Gasteiger partial charge in [-0.05, 0) is 23.6 Å². The van der Waals surface area contributed by atoms with Crippen molar-refractivity contribution in [1.82, 2.24) is 14.6 Å². The number of hydrogen-bond donors (Lipinski definition) is 1. The van der Waals surface area contributed by atoms with Crippen LogP contribution in [0.4, 0.5) is 5.95 Å². The molecule has 0 bridgehead atoms. The number of para-hydroxylation sites is 1. The molecule has 0 saturated heterocycles. The average molecular weight is 198 g/mol. The maximum Gasteiger partial charge on any atom is 0.229 e. The van der Waals surface area contributed by atoms with Crippen molar-refractivity contribution in [3.63, 3.8) is 0 Å². The van der Waals surface area contributed by atoms with E-state index in [2.05, 4.69) is 33.7 Å². The summed E-state index contributed by atoms with van der Waals surface area (Å²) >= 11 is 0. The zero-order chi connectivity index (χ0) is 10.3. The molecule has 1 N–H and O–H groups in total. The van der Waals surface area contributed by atoms with Crippen LogP contribution in [-0.4, -0.2) is 21.6 Å². The first-order valence-corrected chi connectivity index (χ1v) is 4.81. The highest BCUT2D eigenvalue weighted by Gasteiger charge is 2.05. The van der Waals surface area contributed by atoms with E-state index in [1.54, 1.807) is 0 Å². The highest BCUT2D eigenvalue weighted by molar-refractivity contribution is 5.83. The summed E-state index contributed by atoms with van der Waals surface area (Å²) in [5.74, 6) is 0.766. The van der Waals surface area contributed by atoms with E-state index in [1.165, 1.54) is 5.39 Å². The van der Waals surface area contributed by atoms with Crippen LogP contribution in [0.25, 0.3) is 16.6 Å². The van der Waals surface area contributed by atoms with E-state index >= 15 is 0 Å². The van der Waals surface area contributed by atoms with Crippen molar-refractivity contribution < 1.29 is 0 Å². The van der Waals surface area contributed by atoms with E-state index in [4.69, 9.17) is 0 Å². The fourth-order valence-corrected chi connectivity index (χ4v) is 1.80. The second kappa shape index (κ2) is 2.95. The molecular formula is C11H10N4. The van der Waals surface area contributed by atoms with Gasteiger partial charge in [-0.2, -0.15) is 0 Å². The number of benzene rings is 1. The second-order valence-electron chi connectivity index (χ2n) is 3.36. The molecule has 0 saturated carbocycles. The highest BCUT2D eigenvalue weighted by Crippen LogP contribution is 2.18. The molecule has 0 aliphatic heterocycles. The Labute approximate surface area is 86.6 Å². The topological polar surface area (TPSA) is 42.2 Å². The Balaban J connectivity index is 2.56. The Morgan fingerprint density at radius 3 is 2.80 bits per heavy atom. The van der Waals surface area contributed by atoms with E-state index in [9.17, 15) is 0 Å². The molecule has 0 spiro atoms.